The van der Waals surface area contributed by atoms with Crippen LogP contribution in [-0.4, -0.2) is 33.8 Å². The van der Waals surface area contributed by atoms with E-state index in [2.05, 4.69) is 25.8 Å². The molecule has 8 heteroatoms. The van der Waals surface area contributed by atoms with Crippen molar-refractivity contribution in [1.29, 1.82) is 0 Å². The summed E-state index contributed by atoms with van der Waals surface area (Å²) in [4.78, 5) is 4.57. The number of aliphatic imine (C=N–C) groups is 1. The molecule has 2 aromatic carbocycles. The Labute approximate surface area is 181 Å². The molecule has 2 N–H and O–H groups in total. The molecule has 3 aromatic rings. The van der Waals surface area contributed by atoms with Crippen molar-refractivity contribution in [2.24, 2.45) is 4.99 Å². The smallest absolute Gasteiger partial charge is 0.191 e. The van der Waals surface area contributed by atoms with Crippen LogP contribution in [0.2, 0.25) is 0 Å². The van der Waals surface area contributed by atoms with E-state index >= 15 is 0 Å². The van der Waals surface area contributed by atoms with Crippen molar-refractivity contribution >= 4 is 29.9 Å². The van der Waals surface area contributed by atoms with Gasteiger partial charge in [-0.3, -0.25) is 4.57 Å². The molecule has 0 unspecified atom stereocenters. The molecule has 1 aromatic heterocycles. The fourth-order valence-electron chi connectivity index (χ4n) is 2.68. The van der Waals surface area contributed by atoms with Crippen LogP contribution < -0.4 is 10.6 Å². The van der Waals surface area contributed by atoms with E-state index in [0.717, 1.165) is 18.1 Å². The molecule has 3 rings (SSSR count). The third kappa shape index (κ3) is 6.01. The Balaban J connectivity index is 0.00000280. The van der Waals surface area contributed by atoms with Gasteiger partial charge in [-0.1, -0.05) is 36.4 Å². The highest BCUT2D eigenvalue weighted by Gasteiger charge is 2.07. The summed E-state index contributed by atoms with van der Waals surface area (Å²) in [5, 5.41) is 14.6. The van der Waals surface area contributed by atoms with Crippen molar-refractivity contribution in [1.82, 2.24) is 25.4 Å². The minimum atomic E-state index is -0.183. The normalized spacial score (nSPS) is 11.0. The monoisotopic (exact) mass is 494 g/mol. The van der Waals surface area contributed by atoms with Gasteiger partial charge < -0.3 is 10.6 Å². The topological polar surface area (TPSA) is 67.1 Å². The molecule has 0 fully saturated rings. The van der Waals surface area contributed by atoms with Gasteiger partial charge in [0.2, 0.25) is 0 Å². The highest BCUT2D eigenvalue weighted by molar-refractivity contribution is 14.0. The third-order valence-corrected chi connectivity index (χ3v) is 4.02. The number of hydrogen-bond acceptors (Lipinski definition) is 3. The molecule has 148 valence electrons. The lowest BCUT2D eigenvalue weighted by atomic mass is 10.1. The van der Waals surface area contributed by atoms with Crippen LogP contribution in [0.15, 0.2) is 65.9 Å². The molecule has 0 spiro atoms. The lowest BCUT2D eigenvalue weighted by Crippen LogP contribution is -2.38. The van der Waals surface area contributed by atoms with E-state index in [1.807, 2.05) is 47.9 Å². The van der Waals surface area contributed by atoms with Crippen molar-refractivity contribution in [2.75, 3.05) is 13.1 Å². The van der Waals surface area contributed by atoms with Crippen LogP contribution in [0.5, 0.6) is 0 Å². The molecule has 1 heterocycles. The molecule has 0 amide bonds. The minimum Gasteiger partial charge on any atom is -0.357 e. The fourth-order valence-corrected chi connectivity index (χ4v) is 2.68. The summed E-state index contributed by atoms with van der Waals surface area (Å²) in [5.74, 6) is 1.22. The van der Waals surface area contributed by atoms with Crippen LogP contribution in [0.4, 0.5) is 4.39 Å². The lowest BCUT2D eigenvalue weighted by molar-refractivity contribution is 0.606. The number of rotatable bonds is 7. The Morgan fingerprint density at radius 2 is 1.82 bits per heavy atom. The highest BCUT2D eigenvalue weighted by atomic mass is 127. The molecule has 28 heavy (non-hydrogen) atoms. The predicted octanol–water partition coefficient (Wildman–Crippen LogP) is 3.32. The maximum absolute atomic E-state index is 13.7. The first kappa shape index (κ1) is 21.8. The third-order valence-electron chi connectivity index (χ3n) is 4.02. The summed E-state index contributed by atoms with van der Waals surface area (Å²) < 4.78 is 15.6. The summed E-state index contributed by atoms with van der Waals surface area (Å²) in [6, 6.07) is 16.7. The zero-order chi connectivity index (χ0) is 18.9. The van der Waals surface area contributed by atoms with Crippen LogP contribution in [-0.2, 0) is 13.0 Å². The number of hydrogen-bond donors (Lipinski definition) is 2. The average Bonchev–Trinajstić information content (AvgIpc) is 3.17. The molecule has 0 saturated carbocycles. The minimum absolute atomic E-state index is 0. The molecule has 0 aliphatic rings. The maximum atomic E-state index is 13.7. The Morgan fingerprint density at radius 3 is 2.57 bits per heavy atom. The van der Waals surface area contributed by atoms with Gasteiger partial charge in [0.1, 0.15) is 18.7 Å². The van der Waals surface area contributed by atoms with Gasteiger partial charge in [0.05, 0.1) is 0 Å². The van der Waals surface area contributed by atoms with Gasteiger partial charge in [-0.2, -0.15) is 0 Å². The van der Waals surface area contributed by atoms with Crippen LogP contribution in [0.1, 0.15) is 18.3 Å². The number of guanidine groups is 1. The van der Waals surface area contributed by atoms with Crippen molar-refractivity contribution in [3.63, 3.8) is 0 Å². The number of benzene rings is 2. The fraction of sp³-hybridized carbons (Fsp3) is 0.250. The first-order valence-electron chi connectivity index (χ1n) is 8.98. The van der Waals surface area contributed by atoms with E-state index in [1.165, 1.54) is 6.07 Å². The predicted molar refractivity (Wildman–Crippen MR) is 120 cm³/mol. The van der Waals surface area contributed by atoms with E-state index in [4.69, 9.17) is 0 Å². The van der Waals surface area contributed by atoms with Crippen molar-refractivity contribution < 1.29 is 4.39 Å². The molecular weight excluding hydrogens is 470 g/mol. The van der Waals surface area contributed by atoms with E-state index in [0.29, 0.717) is 31.0 Å². The first-order chi connectivity index (χ1) is 13.3. The summed E-state index contributed by atoms with van der Waals surface area (Å²) in [6.07, 6.45) is 2.26. The molecule has 0 bridgehead atoms. The second kappa shape index (κ2) is 11.4. The van der Waals surface area contributed by atoms with Crippen molar-refractivity contribution in [2.45, 2.75) is 19.9 Å². The Bertz CT molecular complexity index is 881. The number of aromatic nitrogens is 3. The Kier molecular flexibility index (Phi) is 8.86. The molecular formula is C20H24FIN6. The second-order valence-corrected chi connectivity index (χ2v) is 5.92. The van der Waals surface area contributed by atoms with Crippen LogP contribution in [0.25, 0.3) is 5.69 Å². The molecule has 0 aliphatic carbocycles. The van der Waals surface area contributed by atoms with Crippen LogP contribution in [0.3, 0.4) is 0 Å². The van der Waals surface area contributed by atoms with Gasteiger partial charge in [0.25, 0.3) is 0 Å². The number of nitrogens with zero attached hydrogens (tertiary/aromatic N) is 4. The Hall–Kier alpha value is -2.49. The Morgan fingerprint density at radius 1 is 1.07 bits per heavy atom. The molecule has 0 atom stereocenters. The van der Waals surface area contributed by atoms with Crippen molar-refractivity contribution in [3.8, 4) is 5.69 Å². The van der Waals surface area contributed by atoms with E-state index < -0.39 is 0 Å². The largest absolute Gasteiger partial charge is 0.357 e. The van der Waals surface area contributed by atoms with Crippen LogP contribution >= 0.6 is 24.0 Å². The molecule has 0 radical (unpaired) electrons. The quantitative estimate of drug-likeness (QED) is 0.301. The highest BCUT2D eigenvalue weighted by Crippen LogP contribution is 2.09. The lowest BCUT2D eigenvalue weighted by Gasteiger charge is -2.12. The molecule has 6 nitrogen and oxygen atoms in total. The first-order valence-corrected chi connectivity index (χ1v) is 8.98. The van der Waals surface area contributed by atoms with Crippen LogP contribution in [0, 0.1) is 5.82 Å². The summed E-state index contributed by atoms with van der Waals surface area (Å²) in [7, 11) is 0. The number of halogens is 2. The number of nitrogens with one attached hydrogen (secondary N) is 2. The maximum Gasteiger partial charge on any atom is 0.191 e. The van der Waals surface area contributed by atoms with E-state index in [1.54, 1.807) is 18.5 Å². The zero-order valence-corrected chi connectivity index (χ0v) is 18.0. The molecule has 0 saturated heterocycles. The van der Waals surface area contributed by atoms with Gasteiger partial charge in [0, 0.05) is 18.8 Å². The van der Waals surface area contributed by atoms with Gasteiger partial charge in [-0.15, -0.1) is 34.2 Å². The molecule has 0 aliphatic heterocycles. The summed E-state index contributed by atoms with van der Waals surface area (Å²) in [6.45, 7) is 3.69. The van der Waals surface area contributed by atoms with E-state index in [9.17, 15) is 4.39 Å². The van der Waals surface area contributed by atoms with Gasteiger partial charge in [-0.05, 0) is 37.1 Å². The summed E-state index contributed by atoms with van der Waals surface area (Å²) >= 11 is 0. The average molecular weight is 494 g/mol. The standard InChI is InChI=1S/C20H23FN6.HI/c1-2-22-20(23-13-12-16-8-6-7-11-18(16)21)24-14-19-26-25-15-27(19)17-9-4-3-5-10-17;/h3-11,15H,2,12-14H2,1H3,(H2,22,23,24);1H. The number of para-hydroxylation sites is 1. The van der Waals surface area contributed by atoms with Gasteiger partial charge in [-0.25, -0.2) is 9.38 Å². The zero-order valence-electron chi connectivity index (χ0n) is 15.7. The second-order valence-electron chi connectivity index (χ2n) is 5.92. The van der Waals surface area contributed by atoms with Crippen molar-refractivity contribution in [3.05, 3.63) is 78.1 Å². The summed E-state index contributed by atoms with van der Waals surface area (Å²) in [5.41, 5.74) is 1.68. The van der Waals surface area contributed by atoms with Gasteiger partial charge in [0.15, 0.2) is 11.8 Å². The van der Waals surface area contributed by atoms with E-state index in [-0.39, 0.29) is 29.8 Å². The SMILES string of the molecule is CCNC(=NCc1nncn1-c1ccccc1)NCCc1ccccc1F.I. The van der Waals surface area contributed by atoms with Gasteiger partial charge >= 0.3 is 0 Å².